The number of aliphatic carboxylic acids is 1. The molecule has 0 aliphatic carbocycles. The quantitative estimate of drug-likeness (QED) is 0.0573. The van der Waals surface area contributed by atoms with Crippen LogP contribution in [0.4, 0.5) is 11.4 Å². The minimum absolute atomic E-state index is 0.198. The van der Waals surface area contributed by atoms with Crippen molar-refractivity contribution in [3.8, 4) is 0 Å². The number of allylic oxidation sites excluding steroid dienone is 8. The predicted molar refractivity (Wildman–Crippen MR) is 233 cm³/mol. The topological polar surface area (TPSA) is 97.9 Å². The summed E-state index contributed by atoms with van der Waals surface area (Å²) in [4.78, 5) is 13.6. The second-order valence-corrected chi connectivity index (χ2v) is 18.3. The molecule has 8 heteroatoms. The van der Waals surface area contributed by atoms with E-state index in [9.17, 15) is 17.8 Å². The molecule has 2 heterocycles. The van der Waals surface area contributed by atoms with E-state index in [0.717, 1.165) is 30.8 Å². The van der Waals surface area contributed by atoms with Crippen LogP contribution in [0.5, 0.6) is 0 Å². The summed E-state index contributed by atoms with van der Waals surface area (Å²) in [5.74, 6) is -1.03. The maximum Gasteiger partial charge on any atom is 0.303 e. The lowest BCUT2D eigenvalue weighted by Gasteiger charge is -2.27. The highest BCUT2D eigenvalue weighted by atomic mass is 32.2. The fourth-order valence-electron chi connectivity index (χ4n) is 9.23. The molecule has 2 aliphatic heterocycles. The minimum atomic E-state index is -4.07. The summed E-state index contributed by atoms with van der Waals surface area (Å²) in [6.45, 7) is 18.9. The van der Waals surface area contributed by atoms with Crippen molar-refractivity contribution in [3.63, 3.8) is 0 Å². The van der Waals surface area contributed by atoms with Crippen molar-refractivity contribution in [2.24, 2.45) is 0 Å². The van der Waals surface area contributed by atoms with Gasteiger partial charge in [-0.2, -0.15) is 13.0 Å². The molecule has 7 nitrogen and oxygen atoms in total. The summed E-state index contributed by atoms with van der Waals surface area (Å²) in [7, 11) is -4.07. The van der Waals surface area contributed by atoms with E-state index >= 15 is 0 Å². The third kappa shape index (κ3) is 8.19. The molecule has 0 aromatic heterocycles. The third-order valence-corrected chi connectivity index (χ3v) is 12.4. The van der Waals surface area contributed by atoms with Crippen LogP contribution in [0.2, 0.25) is 0 Å². The molecule has 4 aromatic carbocycles. The van der Waals surface area contributed by atoms with Gasteiger partial charge < -0.3 is 10.0 Å². The first-order valence-electron chi connectivity index (χ1n) is 19.8. The van der Waals surface area contributed by atoms with Gasteiger partial charge in [-0.25, -0.2) is 0 Å². The Bertz CT molecular complexity index is 2480. The van der Waals surface area contributed by atoms with Gasteiger partial charge in [0.2, 0.25) is 5.69 Å². The Morgan fingerprint density at radius 2 is 1.34 bits per heavy atom. The second kappa shape index (κ2) is 16.0. The Morgan fingerprint density at radius 1 is 0.732 bits per heavy atom. The number of carbonyl (C=O) groups is 1. The SMILES string of the molecule is Cc1cc(C)c2ccc3c(c2c1)C(C)(C)C(/C=C/C=C/C=C/C=C1/N(CCCCCC(=O)O)c2ccc4c(C)cc(C)cc4c2C1(C)C)=[N+]3CCCS(=O)(=O)O. The first-order chi connectivity index (χ1) is 26.4. The first-order valence-corrected chi connectivity index (χ1v) is 21.4. The summed E-state index contributed by atoms with van der Waals surface area (Å²) in [5.41, 5.74) is 11.5. The first kappa shape index (κ1) is 40.9. The van der Waals surface area contributed by atoms with Gasteiger partial charge in [-0.1, -0.05) is 92.1 Å². The smallest absolute Gasteiger partial charge is 0.303 e. The second-order valence-electron chi connectivity index (χ2n) is 16.7. The van der Waals surface area contributed by atoms with Crippen LogP contribution in [0.1, 0.15) is 93.2 Å². The van der Waals surface area contributed by atoms with E-state index in [-0.39, 0.29) is 23.0 Å². The average molecular weight is 774 g/mol. The summed E-state index contributed by atoms with van der Waals surface area (Å²) in [6.07, 6.45) is 17.5. The van der Waals surface area contributed by atoms with Gasteiger partial charge in [-0.3, -0.25) is 9.35 Å². The fourth-order valence-corrected chi connectivity index (χ4v) is 9.72. The molecular formula is C48H57N2O5S+. The van der Waals surface area contributed by atoms with Gasteiger partial charge in [0.05, 0.1) is 11.2 Å². The van der Waals surface area contributed by atoms with Gasteiger partial charge in [0.25, 0.3) is 10.1 Å². The molecule has 0 spiro atoms. The number of carboxylic acid groups (broad SMARTS) is 1. The van der Waals surface area contributed by atoms with E-state index in [1.54, 1.807) is 0 Å². The molecule has 0 radical (unpaired) electrons. The van der Waals surface area contributed by atoms with Crippen LogP contribution in [-0.4, -0.2) is 53.2 Å². The largest absolute Gasteiger partial charge is 0.481 e. The normalized spacial score (nSPS) is 17.2. The maximum atomic E-state index is 11.6. The van der Waals surface area contributed by atoms with Gasteiger partial charge in [-0.05, 0) is 111 Å². The number of benzene rings is 4. The highest BCUT2D eigenvalue weighted by Crippen LogP contribution is 2.51. The summed E-state index contributed by atoms with van der Waals surface area (Å²) >= 11 is 0. The van der Waals surface area contributed by atoms with E-state index in [4.69, 9.17) is 5.11 Å². The molecule has 294 valence electrons. The number of aryl methyl sites for hydroxylation is 4. The number of hydrogen-bond donors (Lipinski definition) is 2. The van der Waals surface area contributed by atoms with Crippen LogP contribution in [0.25, 0.3) is 21.5 Å². The van der Waals surface area contributed by atoms with Crippen molar-refractivity contribution >= 4 is 54.7 Å². The number of anilines is 1. The molecule has 2 N–H and O–H groups in total. The Kier molecular flexibility index (Phi) is 11.7. The van der Waals surface area contributed by atoms with Crippen molar-refractivity contribution in [2.45, 2.75) is 98.3 Å². The molecule has 0 amide bonds. The zero-order valence-corrected chi connectivity index (χ0v) is 35.1. The van der Waals surface area contributed by atoms with Crippen molar-refractivity contribution in [1.29, 1.82) is 0 Å². The molecule has 0 saturated carbocycles. The van der Waals surface area contributed by atoms with E-state index in [2.05, 4.69) is 138 Å². The van der Waals surface area contributed by atoms with Crippen molar-refractivity contribution in [1.82, 2.24) is 0 Å². The van der Waals surface area contributed by atoms with Crippen molar-refractivity contribution in [2.75, 3.05) is 23.7 Å². The molecule has 0 bridgehead atoms. The van der Waals surface area contributed by atoms with Crippen LogP contribution < -0.4 is 4.90 Å². The van der Waals surface area contributed by atoms with Crippen LogP contribution >= 0.6 is 0 Å². The van der Waals surface area contributed by atoms with Crippen LogP contribution in [0.15, 0.2) is 96.8 Å². The van der Waals surface area contributed by atoms with Gasteiger partial charge >= 0.3 is 5.97 Å². The molecule has 4 aromatic rings. The zero-order chi connectivity index (χ0) is 40.6. The van der Waals surface area contributed by atoms with Gasteiger partial charge in [0.1, 0.15) is 6.54 Å². The number of unbranched alkanes of at least 4 members (excludes halogenated alkanes) is 2. The predicted octanol–water partition coefficient (Wildman–Crippen LogP) is 10.9. The van der Waals surface area contributed by atoms with Gasteiger partial charge in [-0.15, -0.1) is 0 Å². The van der Waals surface area contributed by atoms with Crippen LogP contribution in [-0.2, 0) is 25.7 Å². The molecule has 2 aliphatic rings. The minimum Gasteiger partial charge on any atom is -0.481 e. The summed E-state index contributed by atoms with van der Waals surface area (Å²) in [5, 5.41) is 14.1. The maximum absolute atomic E-state index is 11.6. The number of hydrogen-bond acceptors (Lipinski definition) is 4. The number of nitrogens with zero attached hydrogens (tertiary/aromatic N) is 2. The summed E-state index contributed by atoms with van der Waals surface area (Å²) < 4.78 is 35.0. The summed E-state index contributed by atoms with van der Waals surface area (Å²) in [6, 6.07) is 17.8. The highest BCUT2D eigenvalue weighted by Gasteiger charge is 2.45. The molecule has 56 heavy (non-hydrogen) atoms. The number of carboxylic acids is 1. The standard InChI is InChI=1S/C48H56N2O5S/c1-32-28-34(3)36-21-23-40-45(38(36)30-32)47(5,6)42(49(40)25-16-12-15-20-44(51)52)18-13-10-9-11-14-19-43-48(7,8)46-39-31-33(2)29-35(4)37(39)22-24-41(46)50(43)26-17-27-56(53,54)55/h9-11,13-14,18-19,21-24,28-31H,12,15-17,20,25-27H2,1-8H3,(H-,51,52,53,54,55)/p+1. The Hall–Kier alpha value is -4.79. The van der Waals surface area contributed by atoms with Crippen LogP contribution in [0.3, 0.4) is 0 Å². The van der Waals surface area contributed by atoms with E-state index in [1.165, 1.54) is 66.3 Å². The van der Waals surface area contributed by atoms with Crippen molar-refractivity contribution in [3.05, 3.63) is 130 Å². The molecular weight excluding hydrogens is 717 g/mol. The number of fused-ring (bicyclic) bond motifs is 6. The van der Waals surface area contributed by atoms with Gasteiger partial charge in [0.15, 0.2) is 5.71 Å². The third-order valence-electron chi connectivity index (χ3n) is 11.6. The molecule has 0 fully saturated rings. The number of rotatable bonds is 14. The van der Waals surface area contributed by atoms with E-state index in [1.807, 2.05) is 18.2 Å². The van der Waals surface area contributed by atoms with Crippen LogP contribution in [0, 0.1) is 27.7 Å². The highest BCUT2D eigenvalue weighted by molar-refractivity contribution is 7.85. The lowest BCUT2D eigenvalue weighted by atomic mass is 9.78. The molecule has 0 atom stereocenters. The lowest BCUT2D eigenvalue weighted by Crippen LogP contribution is -2.28. The Balaban J connectivity index is 1.29. The molecule has 0 saturated heterocycles. The van der Waals surface area contributed by atoms with E-state index in [0.29, 0.717) is 19.4 Å². The zero-order valence-electron chi connectivity index (χ0n) is 34.2. The average Bonchev–Trinajstić information content (AvgIpc) is 3.45. The molecule has 6 rings (SSSR count). The van der Waals surface area contributed by atoms with Gasteiger partial charge in [0, 0.05) is 53.9 Å². The van der Waals surface area contributed by atoms with Crippen molar-refractivity contribution < 1.29 is 27.4 Å². The Morgan fingerprint density at radius 3 is 1.98 bits per heavy atom. The lowest BCUT2D eigenvalue weighted by molar-refractivity contribution is -0.437. The monoisotopic (exact) mass is 773 g/mol. The van der Waals surface area contributed by atoms with E-state index < -0.39 is 16.1 Å². The fraction of sp³-hybridized carbons (Fsp3) is 0.375. The Labute approximate surface area is 333 Å². The molecule has 0 unspecified atom stereocenters.